The summed E-state index contributed by atoms with van der Waals surface area (Å²) in [5, 5.41) is 13.5. The first-order valence-corrected chi connectivity index (χ1v) is 6.59. The van der Waals surface area contributed by atoms with Crippen molar-refractivity contribution in [1.29, 1.82) is 0 Å². The molecule has 0 saturated heterocycles. The minimum absolute atomic E-state index is 0.129. The molecule has 102 valence electrons. The molecule has 0 unspecified atom stereocenters. The van der Waals surface area contributed by atoms with Crippen LogP contribution in [-0.2, 0) is 4.79 Å². The largest absolute Gasteiger partial charge is 0.345 e. The van der Waals surface area contributed by atoms with Crippen molar-refractivity contribution < 1.29 is 9.72 Å². The zero-order chi connectivity index (χ0) is 14.5. The van der Waals surface area contributed by atoms with Gasteiger partial charge in [0.2, 0.25) is 5.91 Å². The Morgan fingerprint density at radius 2 is 2.20 bits per heavy atom. The summed E-state index contributed by atoms with van der Waals surface area (Å²) in [6, 6.07) is 7.06. The molecule has 0 aliphatic carbocycles. The van der Waals surface area contributed by atoms with E-state index in [9.17, 15) is 14.9 Å². The van der Waals surface area contributed by atoms with Crippen LogP contribution in [-0.4, -0.2) is 15.8 Å². The quantitative estimate of drug-likeness (QED) is 0.533. The number of hydrogen-bond donors (Lipinski definition) is 1. The number of benzene rings is 1. The second-order valence-corrected chi connectivity index (χ2v) is 5.02. The second-order valence-electron chi connectivity index (χ2n) is 3.60. The molecule has 0 aliphatic rings. The van der Waals surface area contributed by atoms with E-state index in [0.29, 0.717) is 10.6 Å². The lowest BCUT2D eigenvalue weighted by molar-refractivity contribution is -0.380. The van der Waals surface area contributed by atoms with Gasteiger partial charge in [-0.05, 0) is 29.0 Å². The van der Waals surface area contributed by atoms with E-state index in [1.54, 1.807) is 30.3 Å². The Balaban J connectivity index is 2.02. The number of nitrogens with one attached hydrogen (secondary N) is 1. The fraction of sp³-hybridized carbons (Fsp3) is 0. The highest BCUT2D eigenvalue weighted by Gasteiger charge is 2.12. The van der Waals surface area contributed by atoms with E-state index in [-0.39, 0.29) is 10.1 Å². The maximum atomic E-state index is 11.6. The van der Waals surface area contributed by atoms with E-state index in [4.69, 9.17) is 11.6 Å². The van der Waals surface area contributed by atoms with Gasteiger partial charge >= 0.3 is 5.00 Å². The average Bonchev–Trinajstić information content (AvgIpc) is 2.86. The predicted molar refractivity (Wildman–Crippen MR) is 77.9 cm³/mol. The molecule has 8 heteroatoms. The van der Waals surface area contributed by atoms with Crippen LogP contribution in [0.4, 0.5) is 10.1 Å². The minimum atomic E-state index is -0.563. The van der Waals surface area contributed by atoms with Gasteiger partial charge in [0.1, 0.15) is 6.20 Å². The van der Waals surface area contributed by atoms with Crippen molar-refractivity contribution in [3.8, 4) is 0 Å². The Hall–Kier alpha value is -2.25. The molecule has 0 bridgehead atoms. The topological polar surface area (TPSA) is 85.1 Å². The van der Waals surface area contributed by atoms with Crippen LogP contribution in [0.2, 0.25) is 5.02 Å². The van der Waals surface area contributed by atoms with Gasteiger partial charge < -0.3 is 0 Å². The Kier molecular flexibility index (Phi) is 4.44. The molecule has 6 nitrogen and oxygen atoms in total. The highest BCUT2D eigenvalue weighted by molar-refractivity contribution is 7.18. The predicted octanol–water partition coefficient (Wildman–Crippen LogP) is 3.36. The smallest absolute Gasteiger partial charge is 0.298 e. The maximum Gasteiger partial charge on any atom is 0.345 e. The number of amides is 1. The molecule has 0 fully saturated rings. The first kappa shape index (κ1) is 14.2. The Labute approximate surface area is 122 Å². The zero-order valence-corrected chi connectivity index (χ0v) is 11.5. The molecule has 0 saturated carbocycles. The van der Waals surface area contributed by atoms with Crippen LogP contribution in [0.15, 0.2) is 36.5 Å². The summed E-state index contributed by atoms with van der Waals surface area (Å²) in [5.74, 6) is -0.436. The molecule has 0 radical (unpaired) electrons. The maximum absolute atomic E-state index is 11.6. The number of aromatic nitrogens is 1. The first-order valence-electron chi connectivity index (χ1n) is 5.40. The van der Waals surface area contributed by atoms with Crippen LogP contribution in [0.3, 0.4) is 0 Å². The van der Waals surface area contributed by atoms with Crippen molar-refractivity contribution in [3.63, 3.8) is 0 Å². The van der Waals surface area contributed by atoms with Gasteiger partial charge in [-0.3, -0.25) is 20.2 Å². The molecular formula is C12H8ClN3O3S. The lowest BCUT2D eigenvalue weighted by Crippen LogP contribution is -2.07. The summed E-state index contributed by atoms with van der Waals surface area (Å²) in [7, 11) is 0. The zero-order valence-electron chi connectivity index (χ0n) is 9.95. The lowest BCUT2D eigenvalue weighted by Gasteiger charge is -1.97. The van der Waals surface area contributed by atoms with E-state index in [1.807, 2.05) is 0 Å². The van der Waals surface area contributed by atoms with Gasteiger partial charge in [-0.2, -0.15) is 0 Å². The van der Waals surface area contributed by atoms with Crippen molar-refractivity contribution in [2.45, 2.75) is 0 Å². The number of nitro groups is 1. The number of thiazole rings is 1. The highest BCUT2D eigenvalue weighted by atomic mass is 35.5. The summed E-state index contributed by atoms with van der Waals surface area (Å²) in [5.41, 5.74) is 0.703. The van der Waals surface area contributed by atoms with Gasteiger partial charge in [0.15, 0.2) is 5.13 Å². The number of anilines is 1. The van der Waals surface area contributed by atoms with Gasteiger partial charge in [0.25, 0.3) is 0 Å². The van der Waals surface area contributed by atoms with Gasteiger partial charge in [-0.15, -0.1) is 0 Å². The van der Waals surface area contributed by atoms with E-state index in [2.05, 4.69) is 10.3 Å². The molecule has 1 heterocycles. The van der Waals surface area contributed by atoms with E-state index in [1.165, 1.54) is 6.08 Å². The van der Waals surface area contributed by atoms with Gasteiger partial charge in [-0.25, -0.2) is 4.98 Å². The SMILES string of the molecule is O=C(/C=C/c1ccccc1Cl)Nc1ncc([N+](=O)[O-])s1. The molecule has 2 aromatic rings. The monoisotopic (exact) mass is 309 g/mol. The van der Waals surface area contributed by atoms with Gasteiger partial charge in [-0.1, -0.05) is 29.8 Å². The summed E-state index contributed by atoms with van der Waals surface area (Å²) in [6.07, 6.45) is 3.94. The molecule has 1 amide bonds. The molecule has 1 aromatic carbocycles. The number of nitrogens with zero attached hydrogens (tertiary/aromatic N) is 2. The fourth-order valence-electron chi connectivity index (χ4n) is 1.33. The molecule has 0 atom stereocenters. The molecule has 20 heavy (non-hydrogen) atoms. The number of carbonyl (C=O) groups is 1. The summed E-state index contributed by atoms with van der Waals surface area (Å²) in [4.78, 5) is 25.3. The van der Waals surface area contributed by atoms with Crippen LogP contribution in [0.5, 0.6) is 0 Å². The molecule has 0 aliphatic heterocycles. The molecular weight excluding hydrogens is 302 g/mol. The van der Waals surface area contributed by atoms with Gasteiger partial charge in [0.05, 0.1) is 4.92 Å². The third-order valence-electron chi connectivity index (χ3n) is 2.22. The Bertz CT molecular complexity index is 684. The number of halogens is 1. The average molecular weight is 310 g/mol. The fourth-order valence-corrected chi connectivity index (χ4v) is 2.16. The van der Waals surface area contributed by atoms with Gasteiger partial charge in [0, 0.05) is 11.1 Å². The van der Waals surface area contributed by atoms with Crippen LogP contribution in [0.25, 0.3) is 6.08 Å². The third kappa shape index (κ3) is 3.62. The Morgan fingerprint density at radius 3 is 2.85 bits per heavy atom. The van der Waals surface area contributed by atoms with E-state index >= 15 is 0 Å². The van der Waals surface area contributed by atoms with Crippen molar-refractivity contribution in [2.75, 3.05) is 5.32 Å². The Morgan fingerprint density at radius 1 is 1.45 bits per heavy atom. The van der Waals surface area contributed by atoms with Crippen molar-refractivity contribution in [2.24, 2.45) is 0 Å². The highest BCUT2D eigenvalue weighted by Crippen LogP contribution is 2.25. The lowest BCUT2D eigenvalue weighted by atomic mass is 10.2. The number of hydrogen-bond acceptors (Lipinski definition) is 5. The summed E-state index contributed by atoms with van der Waals surface area (Å²) in [6.45, 7) is 0. The normalized spacial score (nSPS) is 10.7. The number of rotatable bonds is 4. The van der Waals surface area contributed by atoms with E-state index in [0.717, 1.165) is 17.5 Å². The van der Waals surface area contributed by atoms with Crippen molar-refractivity contribution >= 4 is 45.1 Å². The van der Waals surface area contributed by atoms with Crippen molar-refractivity contribution in [1.82, 2.24) is 4.98 Å². The second kappa shape index (κ2) is 6.27. The van der Waals surface area contributed by atoms with Crippen LogP contribution >= 0.6 is 22.9 Å². The third-order valence-corrected chi connectivity index (χ3v) is 3.43. The first-order chi connectivity index (χ1) is 9.56. The molecule has 1 aromatic heterocycles. The molecule has 0 spiro atoms. The van der Waals surface area contributed by atoms with Crippen LogP contribution in [0, 0.1) is 10.1 Å². The van der Waals surface area contributed by atoms with E-state index < -0.39 is 10.8 Å². The van der Waals surface area contributed by atoms with Crippen molar-refractivity contribution in [3.05, 3.63) is 57.2 Å². The summed E-state index contributed by atoms with van der Waals surface area (Å²) < 4.78 is 0. The number of carbonyl (C=O) groups excluding carboxylic acids is 1. The summed E-state index contributed by atoms with van der Waals surface area (Å²) >= 11 is 6.73. The molecule has 2 rings (SSSR count). The van der Waals surface area contributed by atoms with Crippen LogP contribution in [0.1, 0.15) is 5.56 Å². The van der Waals surface area contributed by atoms with Crippen LogP contribution < -0.4 is 5.32 Å². The standard InChI is InChI=1S/C12H8ClN3O3S/c13-9-4-2-1-3-8(9)5-6-10(17)15-12-14-7-11(20-12)16(18)19/h1-7H,(H,14,15,17)/b6-5+. The molecule has 1 N–H and O–H groups in total. The minimum Gasteiger partial charge on any atom is -0.298 e.